The molecule has 2 amide bonds. The van der Waals surface area contributed by atoms with E-state index < -0.39 is 17.5 Å². The van der Waals surface area contributed by atoms with Crippen molar-refractivity contribution in [3.8, 4) is 0 Å². The third-order valence-electron chi connectivity index (χ3n) is 6.94. The second-order valence-corrected chi connectivity index (χ2v) is 8.78. The minimum absolute atomic E-state index is 0.00570. The summed E-state index contributed by atoms with van der Waals surface area (Å²) in [5.74, 6) is 2.31. The van der Waals surface area contributed by atoms with E-state index >= 15 is 0 Å². The lowest BCUT2D eigenvalue weighted by Crippen LogP contribution is -2.50. The van der Waals surface area contributed by atoms with E-state index in [2.05, 4.69) is 20.6 Å². The number of rotatable bonds is 3. The highest BCUT2D eigenvalue weighted by atomic mass is 16.2. The van der Waals surface area contributed by atoms with Crippen molar-refractivity contribution in [2.45, 2.75) is 56.4 Å². The Hall–Kier alpha value is -2.18. The fourth-order valence-electron chi connectivity index (χ4n) is 6.19. The molecule has 1 unspecified atom stereocenters. The Morgan fingerprint density at radius 1 is 1.12 bits per heavy atom. The first-order valence-electron chi connectivity index (χ1n) is 9.71. The van der Waals surface area contributed by atoms with Gasteiger partial charge in [0.15, 0.2) is 0 Å². The van der Waals surface area contributed by atoms with Crippen LogP contribution in [-0.4, -0.2) is 34.4 Å². The SMILES string of the molecule is O=C(NC1CCNC1=O)c1cnc(C23CC4CC(CC(C4)C2)C3)[nH]c1=O. The molecular formula is C19H24N4O3. The zero-order valence-electron chi connectivity index (χ0n) is 14.7. The van der Waals surface area contributed by atoms with Crippen molar-refractivity contribution < 1.29 is 9.59 Å². The molecule has 4 bridgehead atoms. The molecule has 7 heteroatoms. The van der Waals surface area contributed by atoms with Crippen LogP contribution in [0, 0.1) is 17.8 Å². The van der Waals surface area contributed by atoms with Gasteiger partial charge >= 0.3 is 0 Å². The summed E-state index contributed by atoms with van der Waals surface area (Å²) < 4.78 is 0. The third-order valence-corrected chi connectivity index (χ3v) is 6.94. The Bertz CT molecular complexity index is 795. The summed E-state index contributed by atoms with van der Waals surface area (Å²) in [5, 5.41) is 5.30. The zero-order valence-corrected chi connectivity index (χ0v) is 14.7. The van der Waals surface area contributed by atoms with Crippen molar-refractivity contribution in [1.82, 2.24) is 20.6 Å². The fraction of sp³-hybridized carbons (Fsp3) is 0.684. The third kappa shape index (κ3) is 2.47. The smallest absolute Gasteiger partial charge is 0.263 e. The molecule has 1 saturated heterocycles. The van der Waals surface area contributed by atoms with Gasteiger partial charge in [0.1, 0.15) is 17.4 Å². The van der Waals surface area contributed by atoms with Gasteiger partial charge in [0, 0.05) is 18.2 Å². The van der Waals surface area contributed by atoms with E-state index in [0.717, 1.165) is 42.8 Å². The maximum Gasteiger partial charge on any atom is 0.263 e. The van der Waals surface area contributed by atoms with Gasteiger partial charge < -0.3 is 15.6 Å². The lowest BCUT2D eigenvalue weighted by Gasteiger charge is -2.56. The second kappa shape index (κ2) is 5.66. The molecule has 0 aromatic carbocycles. The van der Waals surface area contributed by atoms with E-state index in [1.807, 2.05) is 0 Å². The lowest BCUT2D eigenvalue weighted by atomic mass is 9.49. The van der Waals surface area contributed by atoms with Gasteiger partial charge in [-0.05, 0) is 62.7 Å². The van der Waals surface area contributed by atoms with Crippen molar-refractivity contribution >= 4 is 11.8 Å². The van der Waals surface area contributed by atoms with Crippen LogP contribution in [0.1, 0.15) is 61.1 Å². The maximum atomic E-state index is 12.6. The molecule has 4 saturated carbocycles. The molecule has 6 rings (SSSR count). The van der Waals surface area contributed by atoms with Gasteiger partial charge in [-0.2, -0.15) is 0 Å². The highest BCUT2D eigenvalue weighted by molar-refractivity contribution is 5.97. The zero-order chi connectivity index (χ0) is 17.9. The summed E-state index contributed by atoms with van der Waals surface area (Å²) in [7, 11) is 0. The maximum absolute atomic E-state index is 12.6. The van der Waals surface area contributed by atoms with Gasteiger partial charge in [0.2, 0.25) is 5.91 Å². The number of aromatic nitrogens is 2. The summed E-state index contributed by atoms with van der Waals surface area (Å²) in [5.41, 5.74) is -0.423. The van der Waals surface area contributed by atoms with E-state index in [1.165, 1.54) is 25.5 Å². The van der Waals surface area contributed by atoms with Crippen LogP contribution in [0.25, 0.3) is 0 Å². The van der Waals surface area contributed by atoms with Crippen molar-refractivity contribution in [2.24, 2.45) is 17.8 Å². The molecule has 2 heterocycles. The van der Waals surface area contributed by atoms with Crippen LogP contribution in [0.15, 0.2) is 11.0 Å². The van der Waals surface area contributed by atoms with Gasteiger partial charge in [-0.25, -0.2) is 4.98 Å². The van der Waals surface area contributed by atoms with Crippen LogP contribution < -0.4 is 16.2 Å². The molecule has 0 radical (unpaired) electrons. The normalized spacial score (nSPS) is 37.6. The van der Waals surface area contributed by atoms with Gasteiger partial charge in [-0.1, -0.05) is 0 Å². The van der Waals surface area contributed by atoms with Crippen LogP contribution in [0.4, 0.5) is 0 Å². The first-order valence-corrected chi connectivity index (χ1v) is 9.71. The van der Waals surface area contributed by atoms with Gasteiger partial charge in [0.05, 0.1) is 0 Å². The Morgan fingerprint density at radius 3 is 2.31 bits per heavy atom. The molecule has 5 fully saturated rings. The number of carbonyl (C=O) groups is 2. The highest BCUT2D eigenvalue weighted by Crippen LogP contribution is 2.59. The molecular weight excluding hydrogens is 332 g/mol. The molecule has 1 aromatic rings. The Morgan fingerprint density at radius 2 is 1.77 bits per heavy atom. The molecule has 26 heavy (non-hydrogen) atoms. The molecule has 1 aromatic heterocycles. The lowest BCUT2D eigenvalue weighted by molar-refractivity contribution is -0.120. The molecule has 1 atom stereocenters. The molecule has 4 aliphatic carbocycles. The average Bonchev–Trinajstić information content (AvgIpc) is 2.98. The van der Waals surface area contributed by atoms with E-state index in [-0.39, 0.29) is 16.9 Å². The monoisotopic (exact) mass is 356 g/mol. The quantitative estimate of drug-likeness (QED) is 0.747. The number of H-pyrrole nitrogens is 1. The topological polar surface area (TPSA) is 104 Å². The van der Waals surface area contributed by atoms with E-state index in [4.69, 9.17) is 0 Å². The largest absolute Gasteiger partial charge is 0.354 e. The summed E-state index contributed by atoms with van der Waals surface area (Å²) in [6, 6.07) is -0.565. The summed E-state index contributed by atoms with van der Waals surface area (Å²) in [6.45, 7) is 0.545. The number of amides is 2. The van der Waals surface area contributed by atoms with Crippen molar-refractivity contribution in [2.75, 3.05) is 6.54 Å². The average molecular weight is 356 g/mol. The number of nitrogens with one attached hydrogen (secondary N) is 3. The molecule has 138 valence electrons. The molecule has 0 spiro atoms. The summed E-state index contributed by atoms with van der Waals surface area (Å²) in [6.07, 6.45) is 9.24. The Kier molecular flexibility index (Phi) is 3.49. The van der Waals surface area contributed by atoms with Gasteiger partial charge in [-0.3, -0.25) is 14.4 Å². The molecule has 1 aliphatic heterocycles. The van der Waals surface area contributed by atoms with Crippen LogP contribution in [0.3, 0.4) is 0 Å². The highest BCUT2D eigenvalue weighted by Gasteiger charge is 2.53. The van der Waals surface area contributed by atoms with E-state index in [1.54, 1.807) is 0 Å². The molecule has 7 nitrogen and oxygen atoms in total. The van der Waals surface area contributed by atoms with Gasteiger partial charge in [0.25, 0.3) is 11.5 Å². The minimum Gasteiger partial charge on any atom is -0.354 e. The number of hydrogen-bond donors (Lipinski definition) is 3. The number of carbonyl (C=O) groups excluding carboxylic acids is 2. The molecule has 3 N–H and O–H groups in total. The van der Waals surface area contributed by atoms with E-state index in [9.17, 15) is 14.4 Å². The predicted molar refractivity (Wildman–Crippen MR) is 93.6 cm³/mol. The predicted octanol–water partition coefficient (Wildman–Crippen LogP) is 0.856. The number of aromatic amines is 1. The van der Waals surface area contributed by atoms with Crippen molar-refractivity contribution in [3.63, 3.8) is 0 Å². The first kappa shape index (κ1) is 16.0. The minimum atomic E-state index is -0.565. The van der Waals surface area contributed by atoms with Crippen LogP contribution >= 0.6 is 0 Å². The summed E-state index contributed by atoms with van der Waals surface area (Å²) >= 11 is 0. The van der Waals surface area contributed by atoms with E-state index in [0.29, 0.717) is 13.0 Å². The number of hydrogen-bond acceptors (Lipinski definition) is 4. The molecule has 5 aliphatic rings. The standard InChI is InChI=1S/C19H24N4O3/c24-15(22-14-1-2-20-17(14)26)13-9-21-18(23-16(13)25)19-6-10-3-11(7-19)5-12(4-10)8-19/h9-12,14H,1-8H2,(H,20,26)(H,22,24)(H,21,23,25). The first-order chi connectivity index (χ1) is 12.5. The van der Waals surface area contributed by atoms with Gasteiger partial charge in [-0.15, -0.1) is 0 Å². The Balaban J connectivity index is 1.39. The van der Waals surface area contributed by atoms with Crippen LogP contribution in [0.2, 0.25) is 0 Å². The summed E-state index contributed by atoms with van der Waals surface area (Å²) in [4.78, 5) is 44.0. The Labute approximate surface area is 151 Å². The second-order valence-electron chi connectivity index (χ2n) is 8.78. The van der Waals surface area contributed by atoms with Crippen molar-refractivity contribution in [3.05, 3.63) is 27.9 Å². The van der Waals surface area contributed by atoms with Crippen LogP contribution in [-0.2, 0) is 10.2 Å². The van der Waals surface area contributed by atoms with Crippen molar-refractivity contribution in [1.29, 1.82) is 0 Å². The number of nitrogens with zero attached hydrogens (tertiary/aromatic N) is 1. The van der Waals surface area contributed by atoms with Crippen LogP contribution in [0.5, 0.6) is 0 Å². The fourth-order valence-corrected chi connectivity index (χ4v) is 6.19.